The van der Waals surface area contributed by atoms with Crippen molar-refractivity contribution in [1.29, 1.82) is 0 Å². The Morgan fingerprint density at radius 1 is 1.19 bits per heavy atom. The molecule has 0 bridgehead atoms. The van der Waals surface area contributed by atoms with Crippen molar-refractivity contribution in [3.63, 3.8) is 0 Å². The minimum atomic E-state index is 0.502. The summed E-state index contributed by atoms with van der Waals surface area (Å²) in [6.07, 6.45) is 1.72. The Balaban J connectivity index is 2.40. The van der Waals surface area contributed by atoms with E-state index in [4.69, 9.17) is 0 Å². The smallest absolute Gasteiger partial charge is 0.104 e. The largest absolute Gasteiger partial charge is 0.352 e. The molecule has 1 aliphatic rings. The van der Waals surface area contributed by atoms with Crippen LogP contribution in [0.1, 0.15) is 25.8 Å². The van der Waals surface area contributed by atoms with E-state index in [2.05, 4.69) is 62.9 Å². The molecule has 0 N–H and O–H groups in total. The Labute approximate surface area is 98.9 Å². The number of aryl methyl sites for hydroxylation is 1. The molecule has 1 aliphatic heterocycles. The van der Waals surface area contributed by atoms with Gasteiger partial charge in [-0.25, -0.2) is 0 Å². The molecule has 1 aromatic rings. The highest BCUT2D eigenvalue weighted by Crippen LogP contribution is 2.40. The van der Waals surface area contributed by atoms with Crippen LogP contribution >= 0.6 is 0 Å². The van der Waals surface area contributed by atoms with Gasteiger partial charge in [-0.3, -0.25) is 0 Å². The van der Waals surface area contributed by atoms with Gasteiger partial charge >= 0.3 is 0 Å². The molecular formula is C14H22N2. The Hall–Kier alpha value is -1.18. The average Bonchev–Trinajstić information content (AvgIpc) is 2.51. The summed E-state index contributed by atoms with van der Waals surface area (Å²) in [5.74, 6) is 0.683. The fourth-order valence-corrected chi connectivity index (χ4v) is 2.73. The lowest BCUT2D eigenvalue weighted by atomic mass is 10.0. The second-order valence-electron chi connectivity index (χ2n) is 5.01. The van der Waals surface area contributed by atoms with Crippen LogP contribution in [0.5, 0.6) is 0 Å². The van der Waals surface area contributed by atoms with Crippen LogP contribution in [0.25, 0.3) is 0 Å². The highest BCUT2D eigenvalue weighted by atomic mass is 15.4. The lowest BCUT2D eigenvalue weighted by Crippen LogP contribution is -2.43. The summed E-state index contributed by atoms with van der Waals surface area (Å²) < 4.78 is 0. The third-order valence-corrected chi connectivity index (χ3v) is 3.84. The second-order valence-corrected chi connectivity index (χ2v) is 5.01. The van der Waals surface area contributed by atoms with Crippen molar-refractivity contribution in [2.24, 2.45) is 5.92 Å². The molecule has 0 fully saturated rings. The van der Waals surface area contributed by atoms with Gasteiger partial charge < -0.3 is 9.80 Å². The standard InChI is InChI=1S/C14H22N2/c1-6-11(3)14-15(4)12-8-7-10(2)9-13(12)16(14)5/h7-9,11,14H,6H2,1-5H3. The molecule has 0 amide bonds. The third-order valence-electron chi connectivity index (χ3n) is 3.84. The first-order chi connectivity index (χ1) is 7.56. The highest BCUT2D eigenvalue weighted by Gasteiger charge is 2.33. The minimum absolute atomic E-state index is 0.502. The number of hydrogen-bond acceptors (Lipinski definition) is 2. The number of benzene rings is 1. The van der Waals surface area contributed by atoms with E-state index in [-0.39, 0.29) is 0 Å². The highest BCUT2D eigenvalue weighted by molar-refractivity contribution is 5.77. The molecule has 16 heavy (non-hydrogen) atoms. The maximum atomic E-state index is 2.41. The van der Waals surface area contributed by atoms with Gasteiger partial charge in [0.2, 0.25) is 0 Å². The van der Waals surface area contributed by atoms with Crippen molar-refractivity contribution < 1.29 is 0 Å². The van der Waals surface area contributed by atoms with Gasteiger partial charge in [-0.2, -0.15) is 0 Å². The molecule has 0 aliphatic carbocycles. The van der Waals surface area contributed by atoms with Gasteiger partial charge in [0.25, 0.3) is 0 Å². The molecule has 0 radical (unpaired) electrons. The van der Waals surface area contributed by atoms with Gasteiger partial charge in [0.05, 0.1) is 11.4 Å². The van der Waals surface area contributed by atoms with Crippen LogP contribution in [0.3, 0.4) is 0 Å². The summed E-state index contributed by atoms with van der Waals surface area (Å²) in [4.78, 5) is 4.82. The van der Waals surface area contributed by atoms with Crippen LogP contribution in [0.15, 0.2) is 18.2 Å². The molecule has 2 unspecified atom stereocenters. The van der Waals surface area contributed by atoms with E-state index in [1.165, 1.54) is 23.4 Å². The van der Waals surface area contributed by atoms with Gasteiger partial charge in [0.1, 0.15) is 6.17 Å². The van der Waals surface area contributed by atoms with Gasteiger partial charge in [-0.15, -0.1) is 0 Å². The summed E-state index contributed by atoms with van der Waals surface area (Å²) in [5, 5.41) is 0. The van der Waals surface area contributed by atoms with Crippen LogP contribution in [-0.2, 0) is 0 Å². The monoisotopic (exact) mass is 218 g/mol. The fourth-order valence-electron chi connectivity index (χ4n) is 2.73. The summed E-state index contributed by atoms with van der Waals surface area (Å²) in [6, 6.07) is 6.72. The number of anilines is 2. The fraction of sp³-hybridized carbons (Fsp3) is 0.571. The minimum Gasteiger partial charge on any atom is -0.352 e. The zero-order chi connectivity index (χ0) is 11.9. The number of rotatable bonds is 2. The van der Waals surface area contributed by atoms with Crippen LogP contribution in [0, 0.1) is 12.8 Å². The zero-order valence-corrected chi connectivity index (χ0v) is 11.0. The molecule has 2 heteroatoms. The maximum absolute atomic E-state index is 2.41. The molecule has 1 aromatic carbocycles. The lowest BCUT2D eigenvalue weighted by molar-refractivity contribution is 0.436. The molecule has 0 spiro atoms. The van der Waals surface area contributed by atoms with Crippen LogP contribution in [0.4, 0.5) is 11.4 Å². The number of nitrogens with zero attached hydrogens (tertiary/aromatic N) is 2. The van der Waals surface area contributed by atoms with Crippen molar-refractivity contribution in [1.82, 2.24) is 0 Å². The summed E-state index contributed by atoms with van der Waals surface area (Å²) in [6.45, 7) is 6.75. The van der Waals surface area contributed by atoms with E-state index < -0.39 is 0 Å². The summed E-state index contributed by atoms with van der Waals surface area (Å²) >= 11 is 0. The Kier molecular flexibility index (Phi) is 2.83. The van der Waals surface area contributed by atoms with Gasteiger partial charge in [-0.1, -0.05) is 19.9 Å². The molecule has 0 saturated carbocycles. The Morgan fingerprint density at radius 3 is 2.44 bits per heavy atom. The van der Waals surface area contributed by atoms with Gasteiger partial charge in [0, 0.05) is 14.1 Å². The van der Waals surface area contributed by atoms with Crippen molar-refractivity contribution in [2.45, 2.75) is 33.4 Å². The van der Waals surface area contributed by atoms with Crippen molar-refractivity contribution in [3.05, 3.63) is 23.8 Å². The van der Waals surface area contributed by atoms with E-state index >= 15 is 0 Å². The molecule has 2 rings (SSSR count). The molecular weight excluding hydrogens is 196 g/mol. The number of fused-ring (bicyclic) bond motifs is 1. The predicted molar refractivity (Wildman–Crippen MR) is 71.2 cm³/mol. The molecule has 2 atom stereocenters. The second kappa shape index (κ2) is 4.00. The van der Waals surface area contributed by atoms with Gasteiger partial charge in [-0.05, 0) is 37.0 Å². The van der Waals surface area contributed by atoms with Gasteiger partial charge in [0.15, 0.2) is 0 Å². The van der Waals surface area contributed by atoms with E-state index in [1.807, 2.05) is 0 Å². The van der Waals surface area contributed by atoms with Crippen molar-refractivity contribution in [3.8, 4) is 0 Å². The van der Waals surface area contributed by atoms with Crippen molar-refractivity contribution >= 4 is 11.4 Å². The van der Waals surface area contributed by atoms with Crippen molar-refractivity contribution in [2.75, 3.05) is 23.9 Å². The first-order valence-electron chi connectivity index (χ1n) is 6.12. The van der Waals surface area contributed by atoms with E-state index in [1.54, 1.807) is 0 Å². The van der Waals surface area contributed by atoms with Crippen LogP contribution < -0.4 is 9.80 Å². The lowest BCUT2D eigenvalue weighted by Gasteiger charge is -2.32. The van der Waals surface area contributed by atoms with E-state index in [0.29, 0.717) is 12.1 Å². The van der Waals surface area contributed by atoms with Crippen LogP contribution in [0.2, 0.25) is 0 Å². The average molecular weight is 218 g/mol. The first-order valence-corrected chi connectivity index (χ1v) is 6.12. The van der Waals surface area contributed by atoms with E-state index in [0.717, 1.165) is 0 Å². The SMILES string of the molecule is CCC(C)C1N(C)c2ccc(C)cc2N1C. The first kappa shape index (κ1) is 11.3. The molecule has 0 aromatic heterocycles. The molecule has 1 heterocycles. The molecule has 0 saturated heterocycles. The maximum Gasteiger partial charge on any atom is 0.104 e. The topological polar surface area (TPSA) is 6.48 Å². The quantitative estimate of drug-likeness (QED) is 0.752. The summed E-state index contributed by atoms with van der Waals surface area (Å²) in [7, 11) is 4.41. The predicted octanol–water partition coefficient (Wildman–Crippen LogP) is 3.25. The summed E-state index contributed by atoms with van der Waals surface area (Å²) in [5.41, 5.74) is 4.06. The van der Waals surface area contributed by atoms with Crippen LogP contribution in [-0.4, -0.2) is 20.3 Å². The molecule has 88 valence electrons. The third kappa shape index (κ3) is 1.57. The normalized spacial score (nSPS) is 21.2. The number of hydrogen-bond donors (Lipinski definition) is 0. The Bertz CT molecular complexity index is 386. The Morgan fingerprint density at radius 2 is 1.81 bits per heavy atom. The molecule has 2 nitrogen and oxygen atoms in total. The van der Waals surface area contributed by atoms with E-state index in [9.17, 15) is 0 Å². The zero-order valence-electron chi connectivity index (χ0n) is 11.0.